The minimum atomic E-state index is -0.235. The van der Waals surface area contributed by atoms with E-state index in [1.165, 1.54) is 0 Å². The van der Waals surface area contributed by atoms with E-state index in [9.17, 15) is 5.26 Å². The van der Waals surface area contributed by atoms with Gasteiger partial charge in [0.1, 0.15) is 5.82 Å². The molecule has 0 amide bonds. The van der Waals surface area contributed by atoms with E-state index < -0.39 is 0 Å². The van der Waals surface area contributed by atoms with E-state index in [-0.39, 0.29) is 5.41 Å². The largest absolute Gasteiger partial charge is 0.229 e. The lowest BCUT2D eigenvalue weighted by Crippen LogP contribution is -2.15. The number of aliphatic imine (C=N–C) groups is 1. The molecule has 0 unspecified atom stereocenters. The molecule has 1 fully saturated rings. The zero-order valence-corrected chi connectivity index (χ0v) is 12.0. The third-order valence-electron chi connectivity index (χ3n) is 3.95. The summed E-state index contributed by atoms with van der Waals surface area (Å²) in [6, 6.07) is 10.5. The average molecular weight is 276 g/mol. The molecular weight excluding hydrogens is 260 g/mol. The van der Waals surface area contributed by atoms with Crippen LogP contribution in [-0.2, 0) is 5.41 Å². The van der Waals surface area contributed by atoms with Gasteiger partial charge in [0.05, 0.1) is 17.2 Å². The summed E-state index contributed by atoms with van der Waals surface area (Å²) in [5.41, 5.74) is 2.79. The van der Waals surface area contributed by atoms with Gasteiger partial charge in [0, 0.05) is 18.5 Å². The summed E-state index contributed by atoms with van der Waals surface area (Å²) in [5.74, 6) is 0.752. The highest BCUT2D eigenvalue weighted by Crippen LogP contribution is 2.47. The van der Waals surface area contributed by atoms with Crippen LogP contribution in [-0.4, -0.2) is 17.4 Å². The van der Waals surface area contributed by atoms with Crippen molar-refractivity contribution in [2.45, 2.75) is 25.2 Å². The fourth-order valence-electron chi connectivity index (χ4n) is 2.46. The van der Waals surface area contributed by atoms with Crippen LogP contribution in [0, 0.1) is 11.3 Å². The molecule has 0 atom stereocenters. The molecule has 1 aliphatic heterocycles. The highest BCUT2D eigenvalue weighted by molar-refractivity contribution is 6.09. The lowest BCUT2D eigenvalue weighted by atomic mass is 9.95. The molecule has 0 aromatic heterocycles. The van der Waals surface area contributed by atoms with E-state index >= 15 is 0 Å². The Hall–Kier alpha value is -2.67. The highest BCUT2D eigenvalue weighted by Gasteiger charge is 2.44. The number of hydrogen-bond donors (Lipinski definition) is 0. The van der Waals surface area contributed by atoms with Gasteiger partial charge in [-0.15, -0.1) is 0 Å². The number of nitrogens with zero attached hydrogens (tertiary/aromatic N) is 4. The van der Waals surface area contributed by atoms with Gasteiger partial charge in [0.25, 0.3) is 0 Å². The van der Waals surface area contributed by atoms with E-state index in [0.29, 0.717) is 0 Å². The molecule has 0 bridgehead atoms. The molecular formula is C17H16N4. The van der Waals surface area contributed by atoms with Crippen molar-refractivity contribution in [2.75, 3.05) is 0 Å². The van der Waals surface area contributed by atoms with Gasteiger partial charge in [-0.25, -0.2) is 10.0 Å². The molecule has 21 heavy (non-hydrogen) atoms. The van der Waals surface area contributed by atoms with Crippen LogP contribution >= 0.6 is 0 Å². The second kappa shape index (κ2) is 5.02. The van der Waals surface area contributed by atoms with Crippen molar-refractivity contribution in [3.8, 4) is 6.07 Å². The topological polar surface area (TPSA) is 51.8 Å². The first-order valence-electron chi connectivity index (χ1n) is 6.94. The Bertz CT molecular complexity index is 697. The molecule has 1 saturated carbocycles. The lowest BCUT2D eigenvalue weighted by molar-refractivity contribution is 0.492. The number of benzene rings is 1. The van der Waals surface area contributed by atoms with Crippen molar-refractivity contribution in [3.05, 3.63) is 59.6 Å². The maximum absolute atomic E-state index is 9.24. The molecule has 1 aromatic carbocycles. The van der Waals surface area contributed by atoms with Gasteiger partial charge in [-0.1, -0.05) is 24.3 Å². The van der Waals surface area contributed by atoms with Crippen molar-refractivity contribution >= 4 is 12.4 Å². The standard InChI is InChI=1S/C17H16N4/c1-3-16-20-15(8-11-21(16)19-2)13-4-6-14(7-5-13)17(12-18)9-10-17/h3-8,11H,2,9-10H2,1H3/b16-3-. The second-order valence-corrected chi connectivity index (χ2v) is 5.22. The average Bonchev–Trinajstić information content (AvgIpc) is 3.35. The van der Waals surface area contributed by atoms with Gasteiger partial charge >= 0.3 is 0 Å². The molecule has 0 radical (unpaired) electrons. The monoisotopic (exact) mass is 276 g/mol. The predicted molar refractivity (Wildman–Crippen MR) is 83.8 cm³/mol. The molecule has 2 aliphatic rings. The van der Waals surface area contributed by atoms with Crippen molar-refractivity contribution in [2.24, 2.45) is 10.1 Å². The minimum Gasteiger partial charge on any atom is -0.229 e. The molecule has 4 nitrogen and oxygen atoms in total. The number of nitriles is 1. The van der Waals surface area contributed by atoms with Crippen LogP contribution in [0.3, 0.4) is 0 Å². The summed E-state index contributed by atoms with van der Waals surface area (Å²) >= 11 is 0. The molecule has 4 heteroatoms. The number of hydrazone groups is 1. The van der Waals surface area contributed by atoms with E-state index in [0.717, 1.165) is 35.5 Å². The fraction of sp³-hybridized carbons (Fsp3) is 0.235. The maximum Gasteiger partial charge on any atom is 0.149 e. The van der Waals surface area contributed by atoms with E-state index in [2.05, 4.69) is 22.9 Å². The van der Waals surface area contributed by atoms with E-state index in [1.807, 2.05) is 49.5 Å². The second-order valence-electron chi connectivity index (χ2n) is 5.22. The quantitative estimate of drug-likeness (QED) is 0.795. The molecule has 0 saturated heterocycles. The summed E-state index contributed by atoms with van der Waals surface area (Å²) in [7, 11) is 0. The number of rotatable bonds is 3. The van der Waals surface area contributed by atoms with E-state index in [4.69, 9.17) is 0 Å². The maximum atomic E-state index is 9.24. The number of allylic oxidation sites excluding steroid dienone is 2. The van der Waals surface area contributed by atoms with Crippen LogP contribution in [0.2, 0.25) is 0 Å². The normalized spacial score (nSPS) is 20.9. The van der Waals surface area contributed by atoms with Crippen molar-refractivity contribution < 1.29 is 0 Å². The van der Waals surface area contributed by atoms with Gasteiger partial charge in [0.2, 0.25) is 0 Å². The molecule has 0 N–H and O–H groups in total. The first-order valence-corrected chi connectivity index (χ1v) is 6.94. The van der Waals surface area contributed by atoms with Gasteiger partial charge in [-0.3, -0.25) is 0 Å². The summed E-state index contributed by atoms with van der Waals surface area (Å²) in [6.45, 7) is 5.44. The zero-order chi connectivity index (χ0) is 14.9. The summed E-state index contributed by atoms with van der Waals surface area (Å²) in [5, 5.41) is 14.7. The van der Waals surface area contributed by atoms with Crippen molar-refractivity contribution in [1.82, 2.24) is 5.01 Å². The zero-order valence-electron chi connectivity index (χ0n) is 12.0. The Balaban J connectivity index is 1.89. The Labute approximate surface area is 124 Å². The van der Waals surface area contributed by atoms with Crippen molar-refractivity contribution in [3.63, 3.8) is 0 Å². The molecule has 1 aliphatic carbocycles. The fourth-order valence-corrected chi connectivity index (χ4v) is 2.46. The van der Waals surface area contributed by atoms with Crippen LogP contribution < -0.4 is 0 Å². The van der Waals surface area contributed by atoms with Gasteiger partial charge in [-0.2, -0.15) is 10.4 Å². The van der Waals surface area contributed by atoms with Crippen molar-refractivity contribution in [1.29, 1.82) is 5.26 Å². The van der Waals surface area contributed by atoms with Crippen LogP contribution in [0.5, 0.6) is 0 Å². The van der Waals surface area contributed by atoms with E-state index in [1.54, 1.807) is 5.01 Å². The van der Waals surface area contributed by atoms with Gasteiger partial charge in [-0.05, 0) is 37.5 Å². The first-order chi connectivity index (χ1) is 10.2. The Morgan fingerprint density at radius 2 is 2.10 bits per heavy atom. The molecule has 104 valence electrons. The minimum absolute atomic E-state index is 0.235. The Morgan fingerprint density at radius 1 is 1.38 bits per heavy atom. The third kappa shape index (κ3) is 2.27. The SMILES string of the molecule is C=NN1C=CC(c2ccc(C3(C#N)CC3)cc2)=N/C1=C/C. The summed E-state index contributed by atoms with van der Waals surface area (Å²) < 4.78 is 0. The van der Waals surface area contributed by atoms with Gasteiger partial charge in [0.15, 0.2) is 0 Å². The van der Waals surface area contributed by atoms with Crippen LogP contribution in [0.1, 0.15) is 30.9 Å². The summed E-state index contributed by atoms with van der Waals surface area (Å²) in [6.07, 6.45) is 7.57. The van der Waals surface area contributed by atoms with Crippen LogP contribution in [0.25, 0.3) is 0 Å². The molecule has 0 spiro atoms. The number of hydrogen-bond acceptors (Lipinski definition) is 4. The molecule has 1 aromatic rings. The van der Waals surface area contributed by atoms with Gasteiger partial charge < -0.3 is 0 Å². The lowest BCUT2D eigenvalue weighted by Gasteiger charge is -2.19. The molecule has 3 rings (SSSR count). The predicted octanol–water partition coefficient (Wildman–Crippen LogP) is 3.34. The van der Waals surface area contributed by atoms with Crippen LogP contribution in [0.15, 0.2) is 58.5 Å². The highest BCUT2D eigenvalue weighted by atomic mass is 15.5. The smallest absolute Gasteiger partial charge is 0.149 e. The summed E-state index contributed by atoms with van der Waals surface area (Å²) in [4.78, 5) is 4.57. The third-order valence-corrected chi connectivity index (χ3v) is 3.95. The Kier molecular flexibility index (Phi) is 3.19. The first kappa shape index (κ1) is 13.3. The van der Waals surface area contributed by atoms with Crippen LogP contribution in [0.4, 0.5) is 0 Å². The molecule has 1 heterocycles. The Morgan fingerprint density at radius 3 is 2.62 bits per heavy atom.